The number of carbonyl (C=O) groups excluding carboxylic acids is 1. The molecule has 0 bridgehead atoms. The van der Waals surface area contributed by atoms with E-state index >= 15 is 0 Å². The standard InChI is InChI=1S/C20H27ClN4O3S2/c21-17-9-4-5-10-18(17)30(27,28)25-20-24-16(14-29-20)13-19(26)23-12-6-11-22-15-7-2-1-3-8-15/h4-5,9-10,14-15,22H,1-3,6-8,11-13H2,(H,23,26)(H,24,25). The Kier molecular flexibility index (Phi) is 8.50. The van der Waals surface area contributed by atoms with Crippen LogP contribution in [0.3, 0.4) is 0 Å². The number of hydrogen-bond acceptors (Lipinski definition) is 6. The third kappa shape index (κ3) is 6.94. The van der Waals surface area contributed by atoms with Gasteiger partial charge >= 0.3 is 0 Å². The van der Waals surface area contributed by atoms with Crippen LogP contribution in [0.5, 0.6) is 0 Å². The van der Waals surface area contributed by atoms with Crippen molar-refractivity contribution in [2.75, 3.05) is 17.8 Å². The fourth-order valence-electron chi connectivity index (χ4n) is 3.42. The highest BCUT2D eigenvalue weighted by molar-refractivity contribution is 7.93. The molecule has 0 saturated heterocycles. The summed E-state index contributed by atoms with van der Waals surface area (Å²) in [6.07, 6.45) is 7.44. The van der Waals surface area contributed by atoms with Gasteiger partial charge in [0.05, 0.1) is 17.1 Å². The van der Waals surface area contributed by atoms with E-state index in [0.29, 0.717) is 18.3 Å². The average Bonchev–Trinajstić information content (AvgIpc) is 3.14. The Morgan fingerprint density at radius 3 is 2.70 bits per heavy atom. The summed E-state index contributed by atoms with van der Waals surface area (Å²) in [5, 5.41) is 8.46. The van der Waals surface area contributed by atoms with Crippen LogP contribution in [0, 0.1) is 0 Å². The van der Waals surface area contributed by atoms with Gasteiger partial charge in [-0.1, -0.05) is 43.0 Å². The summed E-state index contributed by atoms with van der Waals surface area (Å²) in [7, 11) is -3.83. The van der Waals surface area contributed by atoms with Crippen LogP contribution >= 0.6 is 22.9 Å². The predicted octanol–water partition coefficient (Wildman–Crippen LogP) is 3.57. The van der Waals surface area contributed by atoms with Gasteiger partial charge in [0.1, 0.15) is 4.90 Å². The van der Waals surface area contributed by atoms with Gasteiger partial charge in [0.2, 0.25) is 5.91 Å². The van der Waals surface area contributed by atoms with E-state index in [4.69, 9.17) is 11.6 Å². The molecular weight excluding hydrogens is 444 g/mol. The molecule has 1 aromatic carbocycles. The van der Waals surface area contributed by atoms with Crippen molar-refractivity contribution < 1.29 is 13.2 Å². The Morgan fingerprint density at radius 2 is 1.93 bits per heavy atom. The summed E-state index contributed by atoms with van der Waals surface area (Å²) in [5.41, 5.74) is 0.523. The van der Waals surface area contributed by atoms with Gasteiger partial charge in [-0.05, 0) is 37.9 Å². The molecule has 1 aliphatic rings. The van der Waals surface area contributed by atoms with Gasteiger partial charge in [-0.15, -0.1) is 11.3 Å². The number of aromatic nitrogens is 1. The van der Waals surface area contributed by atoms with E-state index in [1.54, 1.807) is 17.5 Å². The number of thiazole rings is 1. The van der Waals surface area contributed by atoms with Crippen molar-refractivity contribution in [3.8, 4) is 0 Å². The van der Waals surface area contributed by atoms with Crippen molar-refractivity contribution in [3.63, 3.8) is 0 Å². The van der Waals surface area contributed by atoms with E-state index in [9.17, 15) is 13.2 Å². The summed E-state index contributed by atoms with van der Waals surface area (Å²) in [6, 6.07) is 6.82. The van der Waals surface area contributed by atoms with Crippen molar-refractivity contribution in [3.05, 3.63) is 40.4 Å². The fraction of sp³-hybridized carbons (Fsp3) is 0.500. The normalized spacial score (nSPS) is 15.1. The highest BCUT2D eigenvalue weighted by Crippen LogP contribution is 2.25. The molecule has 0 radical (unpaired) electrons. The van der Waals surface area contributed by atoms with E-state index in [1.165, 1.54) is 44.2 Å². The largest absolute Gasteiger partial charge is 0.356 e. The van der Waals surface area contributed by atoms with Crippen LogP contribution in [0.25, 0.3) is 0 Å². The first-order chi connectivity index (χ1) is 14.4. The van der Waals surface area contributed by atoms with Gasteiger partial charge in [0.25, 0.3) is 10.0 Å². The maximum atomic E-state index is 12.5. The second-order valence-electron chi connectivity index (χ2n) is 7.35. The van der Waals surface area contributed by atoms with Gasteiger partial charge in [-0.25, -0.2) is 13.4 Å². The monoisotopic (exact) mass is 470 g/mol. The van der Waals surface area contributed by atoms with E-state index in [-0.39, 0.29) is 27.4 Å². The predicted molar refractivity (Wildman–Crippen MR) is 121 cm³/mol. The summed E-state index contributed by atoms with van der Waals surface area (Å²) >= 11 is 7.10. The molecule has 1 saturated carbocycles. The minimum Gasteiger partial charge on any atom is -0.356 e. The van der Waals surface area contributed by atoms with E-state index < -0.39 is 10.0 Å². The zero-order chi connectivity index (χ0) is 21.4. The Morgan fingerprint density at radius 1 is 1.17 bits per heavy atom. The fourth-order valence-corrected chi connectivity index (χ4v) is 5.91. The Balaban J connectivity index is 1.40. The summed E-state index contributed by atoms with van der Waals surface area (Å²) < 4.78 is 27.3. The second kappa shape index (κ2) is 11.1. The highest BCUT2D eigenvalue weighted by Gasteiger charge is 2.19. The summed E-state index contributed by atoms with van der Waals surface area (Å²) in [5.74, 6) is -0.126. The lowest BCUT2D eigenvalue weighted by molar-refractivity contribution is -0.120. The maximum Gasteiger partial charge on any atom is 0.265 e. The first-order valence-corrected chi connectivity index (χ1v) is 12.9. The average molecular weight is 471 g/mol. The molecule has 0 atom stereocenters. The third-order valence-electron chi connectivity index (χ3n) is 4.96. The highest BCUT2D eigenvalue weighted by atomic mass is 35.5. The van der Waals surface area contributed by atoms with Crippen molar-refractivity contribution >= 4 is 44.0 Å². The van der Waals surface area contributed by atoms with Crippen LogP contribution in [0.15, 0.2) is 34.5 Å². The molecule has 1 aliphatic carbocycles. The number of benzene rings is 1. The molecule has 3 rings (SSSR count). The molecule has 1 amide bonds. The van der Waals surface area contributed by atoms with Crippen LogP contribution in [0.1, 0.15) is 44.2 Å². The van der Waals surface area contributed by atoms with Crippen LogP contribution in [-0.2, 0) is 21.2 Å². The second-order valence-corrected chi connectivity index (χ2v) is 10.3. The third-order valence-corrected chi connectivity index (χ3v) is 7.73. The number of halogens is 1. The Bertz CT molecular complexity index is 943. The molecule has 2 aromatic rings. The van der Waals surface area contributed by atoms with Crippen LogP contribution in [0.4, 0.5) is 5.13 Å². The first kappa shape index (κ1) is 23.0. The molecule has 0 aliphatic heterocycles. The van der Waals surface area contributed by atoms with Crippen molar-refractivity contribution in [2.24, 2.45) is 0 Å². The molecule has 7 nitrogen and oxygen atoms in total. The lowest BCUT2D eigenvalue weighted by Gasteiger charge is -2.22. The molecule has 0 spiro atoms. The lowest BCUT2D eigenvalue weighted by atomic mass is 9.95. The number of amides is 1. The smallest absolute Gasteiger partial charge is 0.265 e. The van der Waals surface area contributed by atoms with Gasteiger partial charge in [0.15, 0.2) is 5.13 Å². The molecule has 3 N–H and O–H groups in total. The molecular formula is C20H27ClN4O3S2. The van der Waals surface area contributed by atoms with E-state index in [0.717, 1.165) is 24.3 Å². The number of anilines is 1. The minimum absolute atomic E-state index is 0.0111. The van der Waals surface area contributed by atoms with Crippen LogP contribution in [0.2, 0.25) is 5.02 Å². The van der Waals surface area contributed by atoms with Gasteiger partial charge in [0, 0.05) is 18.0 Å². The van der Waals surface area contributed by atoms with Crippen molar-refractivity contribution in [2.45, 2.75) is 55.9 Å². The topological polar surface area (TPSA) is 100 Å². The molecule has 30 heavy (non-hydrogen) atoms. The Hall–Kier alpha value is -1.68. The van der Waals surface area contributed by atoms with Gasteiger partial charge < -0.3 is 10.6 Å². The SMILES string of the molecule is O=C(Cc1csc(NS(=O)(=O)c2ccccc2Cl)n1)NCCCNC1CCCCC1. The number of rotatable bonds is 10. The molecule has 0 unspecified atom stereocenters. The maximum absolute atomic E-state index is 12.5. The van der Waals surface area contributed by atoms with Crippen LogP contribution < -0.4 is 15.4 Å². The number of nitrogens with one attached hydrogen (secondary N) is 3. The number of nitrogens with zero attached hydrogens (tertiary/aromatic N) is 1. The molecule has 1 aromatic heterocycles. The molecule has 1 heterocycles. The zero-order valence-electron chi connectivity index (χ0n) is 16.7. The van der Waals surface area contributed by atoms with Gasteiger partial charge in [-0.2, -0.15) is 0 Å². The number of carbonyl (C=O) groups is 1. The minimum atomic E-state index is -3.83. The van der Waals surface area contributed by atoms with Gasteiger partial charge in [-0.3, -0.25) is 9.52 Å². The number of hydrogen-bond donors (Lipinski definition) is 3. The van der Waals surface area contributed by atoms with E-state index in [1.807, 2.05) is 0 Å². The van der Waals surface area contributed by atoms with E-state index in [2.05, 4.69) is 20.3 Å². The quantitative estimate of drug-likeness (QED) is 0.461. The molecule has 164 valence electrons. The summed E-state index contributed by atoms with van der Waals surface area (Å²) in [6.45, 7) is 1.50. The number of sulfonamides is 1. The lowest BCUT2D eigenvalue weighted by Crippen LogP contribution is -2.34. The molecule has 10 heteroatoms. The van der Waals surface area contributed by atoms with Crippen molar-refractivity contribution in [1.29, 1.82) is 0 Å². The first-order valence-electron chi connectivity index (χ1n) is 10.2. The molecule has 1 fully saturated rings. The zero-order valence-corrected chi connectivity index (χ0v) is 19.1. The summed E-state index contributed by atoms with van der Waals surface area (Å²) in [4.78, 5) is 16.3. The Labute approximate surface area is 186 Å². The van der Waals surface area contributed by atoms with Crippen LogP contribution in [-0.4, -0.2) is 38.4 Å². The van der Waals surface area contributed by atoms with Crippen molar-refractivity contribution in [1.82, 2.24) is 15.6 Å².